The first-order valence-corrected chi connectivity index (χ1v) is 6.92. The van der Waals surface area contributed by atoms with E-state index >= 15 is 0 Å². The van der Waals surface area contributed by atoms with Crippen LogP contribution in [0.15, 0.2) is 18.2 Å². The smallest absolute Gasteiger partial charge is 0.315 e. The third kappa shape index (κ3) is 4.78. The van der Waals surface area contributed by atoms with E-state index in [0.29, 0.717) is 12.4 Å². The molecule has 0 aliphatic heterocycles. The van der Waals surface area contributed by atoms with Crippen molar-refractivity contribution >= 4 is 29.1 Å². The SMILES string of the molecule is CCOC(=O)CSCc1cc([N+](=O)[O-])ccc1NC. The van der Waals surface area contributed by atoms with Gasteiger partial charge < -0.3 is 10.1 Å². The highest BCUT2D eigenvalue weighted by atomic mass is 32.2. The topological polar surface area (TPSA) is 81.5 Å². The van der Waals surface area contributed by atoms with E-state index in [1.807, 2.05) is 0 Å². The van der Waals surface area contributed by atoms with Gasteiger partial charge in [-0.3, -0.25) is 14.9 Å². The van der Waals surface area contributed by atoms with Crippen LogP contribution in [0.2, 0.25) is 0 Å². The predicted molar refractivity (Wildman–Crippen MR) is 75.4 cm³/mol. The van der Waals surface area contributed by atoms with Crippen LogP contribution in [0.3, 0.4) is 0 Å². The molecule has 7 heteroatoms. The number of nitro groups is 1. The van der Waals surface area contributed by atoms with Crippen LogP contribution in [0.25, 0.3) is 0 Å². The van der Waals surface area contributed by atoms with Crippen LogP contribution in [0.4, 0.5) is 11.4 Å². The molecule has 1 rings (SSSR count). The zero-order valence-electron chi connectivity index (χ0n) is 10.8. The standard InChI is InChI=1S/C12H16N2O4S/c1-3-18-12(15)8-19-7-9-6-10(14(16)17)4-5-11(9)13-2/h4-6,13H,3,7-8H2,1-2H3. The normalized spacial score (nSPS) is 10.0. The first-order chi connectivity index (χ1) is 9.08. The number of nitrogens with zero attached hydrogens (tertiary/aromatic N) is 1. The van der Waals surface area contributed by atoms with Crippen molar-refractivity contribution in [3.63, 3.8) is 0 Å². The van der Waals surface area contributed by atoms with Gasteiger partial charge in [0, 0.05) is 30.6 Å². The van der Waals surface area contributed by atoms with E-state index in [-0.39, 0.29) is 17.4 Å². The lowest BCUT2D eigenvalue weighted by Gasteiger charge is -2.08. The minimum atomic E-state index is -0.432. The lowest BCUT2D eigenvalue weighted by atomic mass is 10.2. The monoisotopic (exact) mass is 284 g/mol. The van der Waals surface area contributed by atoms with Crippen LogP contribution in [0.5, 0.6) is 0 Å². The fraction of sp³-hybridized carbons (Fsp3) is 0.417. The van der Waals surface area contributed by atoms with Crippen LogP contribution >= 0.6 is 11.8 Å². The van der Waals surface area contributed by atoms with E-state index < -0.39 is 4.92 Å². The zero-order valence-corrected chi connectivity index (χ0v) is 11.7. The molecular weight excluding hydrogens is 268 g/mol. The Morgan fingerprint density at radius 3 is 2.84 bits per heavy atom. The van der Waals surface area contributed by atoms with E-state index in [1.165, 1.54) is 23.9 Å². The lowest BCUT2D eigenvalue weighted by Crippen LogP contribution is -2.07. The van der Waals surface area contributed by atoms with Gasteiger partial charge >= 0.3 is 5.97 Å². The molecule has 0 heterocycles. The molecule has 0 aromatic heterocycles. The van der Waals surface area contributed by atoms with E-state index in [2.05, 4.69) is 5.32 Å². The number of nitrogens with one attached hydrogen (secondary N) is 1. The fourth-order valence-corrected chi connectivity index (χ4v) is 2.31. The van der Waals surface area contributed by atoms with E-state index in [1.54, 1.807) is 20.0 Å². The van der Waals surface area contributed by atoms with Crippen molar-refractivity contribution in [2.75, 3.05) is 24.7 Å². The van der Waals surface area contributed by atoms with E-state index in [9.17, 15) is 14.9 Å². The Balaban J connectivity index is 2.67. The third-order valence-corrected chi connectivity index (χ3v) is 3.31. The van der Waals surface area contributed by atoms with Gasteiger partial charge in [-0.15, -0.1) is 11.8 Å². The van der Waals surface area contributed by atoms with Crippen LogP contribution in [0, 0.1) is 10.1 Å². The summed E-state index contributed by atoms with van der Waals surface area (Å²) in [5, 5.41) is 13.7. The quantitative estimate of drug-likeness (QED) is 0.470. The average Bonchev–Trinajstić information content (AvgIpc) is 2.38. The highest BCUT2D eigenvalue weighted by Crippen LogP contribution is 2.25. The van der Waals surface area contributed by atoms with Crippen LogP contribution in [-0.4, -0.2) is 30.3 Å². The Bertz CT molecular complexity index is 465. The third-order valence-electron chi connectivity index (χ3n) is 2.35. The summed E-state index contributed by atoms with van der Waals surface area (Å²) in [6.45, 7) is 2.11. The maximum atomic E-state index is 11.2. The second-order valence-electron chi connectivity index (χ2n) is 3.65. The number of non-ortho nitro benzene ring substituents is 1. The van der Waals surface area contributed by atoms with Crippen LogP contribution in [-0.2, 0) is 15.3 Å². The van der Waals surface area contributed by atoms with Gasteiger partial charge in [-0.1, -0.05) is 0 Å². The summed E-state index contributed by atoms with van der Waals surface area (Å²) in [5.41, 5.74) is 1.67. The van der Waals surface area contributed by atoms with Crippen molar-refractivity contribution in [1.82, 2.24) is 0 Å². The summed E-state index contributed by atoms with van der Waals surface area (Å²) in [6.07, 6.45) is 0. The van der Waals surface area contributed by atoms with Gasteiger partial charge in [-0.2, -0.15) is 0 Å². The van der Waals surface area contributed by atoms with Gasteiger partial charge in [0.05, 0.1) is 17.3 Å². The Kier molecular flexibility index (Phi) is 6.14. The summed E-state index contributed by atoms with van der Waals surface area (Å²) in [4.78, 5) is 21.5. The highest BCUT2D eigenvalue weighted by molar-refractivity contribution is 7.99. The number of hydrogen-bond donors (Lipinski definition) is 1. The molecule has 0 spiro atoms. The Labute approximate surface area is 115 Å². The van der Waals surface area contributed by atoms with Crippen LogP contribution in [0.1, 0.15) is 12.5 Å². The summed E-state index contributed by atoms with van der Waals surface area (Å²) in [7, 11) is 1.75. The van der Waals surface area contributed by atoms with E-state index in [0.717, 1.165) is 11.3 Å². The molecule has 0 bridgehead atoms. The molecule has 1 aromatic carbocycles. The molecule has 0 aliphatic carbocycles. The number of nitro benzene ring substituents is 1. The zero-order chi connectivity index (χ0) is 14.3. The minimum Gasteiger partial charge on any atom is -0.465 e. The molecule has 0 radical (unpaired) electrons. The maximum Gasteiger partial charge on any atom is 0.315 e. The van der Waals surface area contributed by atoms with Gasteiger partial charge in [-0.05, 0) is 18.6 Å². The highest BCUT2D eigenvalue weighted by Gasteiger charge is 2.11. The second kappa shape index (κ2) is 7.63. The number of ether oxygens (including phenoxy) is 1. The second-order valence-corrected chi connectivity index (χ2v) is 4.63. The number of benzene rings is 1. The molecule has 0 amide bonds. The molecule has 0 saturated carbocycles. The molecule has 0 saturated heterocycles. The van der Waals surface area contributed by atoms with Crippen molar-refractivity contribution in [2.24, 2.45) is 0 Å². The van der Waals surface area contributed by atoms with Crippen molar-refractivity contribution < 1.29 is 14.5 Å². The maximum absolute atomic E-state index is 11.2. The van der Waals surface area contributed by atoms with Gasteiger partial charge in [0.2, 0.25) is 0 Å². The van der Waals surface area contributed by atoms with Crippen molar-refractivity contribution in [3.8, 4) is 0 Å². The molecular formula is C12H16N2O4S. The molecule has 19 heavy (non-hydrogen) atoms. The summed E-state index contributed by atoms with van der Waals surface area (Å²) >= 11 is 1.37. The molecule has 0 atom stereocenters. The Hall–Kier alpha value is -1.76. The number of carbonyl (C=O) groups is 1. The summed E-state index contributed by atoms with van der Waals surface area (Å²) < 4.78 is 4.81. The Morgan fingerprint density at radius 2 is 2.26 bits per heavy atom. The molecule has 0 aliphatic rings. The molecule has 1 aromatic rings. The number of rotatable bonds is 7. The van der Waals surface area contributed by atoms with E-state index in [4.69, 9.17) is 4.74 Å². The molecule has 0 fully saturated rings. The molecule has 1 N–H and O–H groups in total. The molecule has 6 nitrogen and oxygen atoms in total. The van der Waals surface area contributed by atoms with Crippen molar-refractivity contribution in [1.29, 1.82) is 0 Å². The van der Waals surface area contributed by atoms with Crippen molar-refractivity contribution in [2.45, 2.75) is 12.7 Å². The number of esters is 1. The van der Waals surface area contributed by atoms with Gasteiger partial charge in [0.25, 0.3) is 5.69 Å². The van der Waals surface area contributed by atoms with Gasteiger partial charge in [0.15, 0.2) is 0 Å². The first kappa shape index (κ1) is 15.3. The first-order valence-electron chi connectivity index (χ1n) is 5.77. The number of anilines is 1. The molecule has 0 unspecified atom stereocenters. The molecule has 104 valence electrons. The lowest BCUT2D eigenvalue weighted by molar-refractivity contribution is -0.384. The van der Waals surface area contributed by atoms with Gasteiger partial charge in [-0.25, -0.2) is 0 Å². The number of carbonyl (C=O) groups excluding carboxylic acids is 1. The largest absolute Gasteiger partial charge is 0.465 e. The van der Waals surface area contributed by atoms with Crippen molar-refractivity contribution in [3.05, 3.63) is 33.9 Å². The van der Waals surface area contributed by atoms with Gasteiger partial charge in [0.1, 0.15) is 0 Å². The Morgan fingerprint density at radius 1 is 1.53 bits per heavy atom. The average molecular weight is 284 g/mol. The van der Waals surface area contributed by atoms with Crippen LogP contribution < -0.4 is 5.32 Å². The fourth-order valence-electron chi connectivity index (χ4n) is 1.50. The summed E-state index contributed by atoms with van der Waals surface area (Å²) in [5.74, 6) is 0.472. The minimum absolute atomic E-state index is 0.0470. The number of hydrogen-bond acceptors (Lipinski definition) is 6. The predicted octanol–water partition coefficient (Wildman–Crippen LogP) is 2.43. The summed E-state index contributed by atoms with van der Waals surface area (Å²) in [6, 6.07) is 4.63. The number of thioether (sulfide) groups is 1.